The Kier molecular flexibility index (Phi) is 3.08. The van der Waals surface area contributed by atoms with Crippen molar-refractivity contribution in [2.75, 3.05) is 26.1 Å². The van der Waals surface area contributed by atoms with E-state index in [2.05, 4.69) is 10.1 Å². The predicted octanol–water partition coefficient (Wildman–Crippen LogP) is 1.83. The van der Waals surface area contributed by atoms with E-state index in [1.807, 2.05) is 6.07 Å². The van der Waals surface area contributed by atoms with Gasteiger partial charge in [-0.25, -0.2) is 0 Å². The summed E-state index contributed by atoms with van der Waals surface area (Å²) in [5, 5.41) is 4.02. The maximum absolute atomic E-state index is 5.72. The SMILES string of the molecule is COc1cc(N)ccc1-c1nc(C2CCOC2)no1. The van der Waals surface area contributed by atoms with Crippen LogP contribution in [0.2, 0.25) is 0 Å². The highest BCUT2D eigenvalue weighted by Crippen LogP contribution is 2.32. The molecule has 1 aliphatic heterocycles. The lowest BCUT2D eigenvalue weighted by molar-refractivity contribution is 0.192. The fourth-order valence-electron chi connectivity index (χ4n) is 2.13. The molecule has 0 amide bonds. The number of benzene rings is 1. The number of hydrogen-bond donors (Lipinski definition) is 1. The number of nitrogens with zero attached hydrogens (tertiary/aromatic N) is 2. The molecule has 3 rings (SSSR count). The monoisotopic (exact) mass is 261 g/mol. The molecule has 2 heterocycles. The molecule has 1 aliphatic rings. The zero-order chi connectivity index (χ0) is 13.2. The average molecular weight is 261 g/mol. The predicted molar refractivity (Wildman–Crippen MR) is 68.9 cm³/mol. The van der Waals surface area contributed by atoms with Crippen molar-refractivity contribution in [3.05, 3.63) is 24.0 Å². The van der Waals surface area contributed by atoms with Crippen LogP contribution >= 0.6 is 0 Å². The number of hydrogen-bond acceptors (Lipinski definition) is 6. The van der Waals surface area contributed by atoms with Gasteiger partial charge in [0.25, 0.3) is 5.89 Å². The lowest BCUT2D eigenvalue weighted by Crippen LogP contribution is -1.99. The number of aromatic nitrogens is 2. The van der Waals surface area contributed by atoms with Crippen LogP contribution in [-0.4, -0.2) is 30.5 Å². The van der Waals surface area contributed by atoms with E-state index in [0.717, 1.165) is 18.6 Å². The Morgan fingerprint density at radius 1 is 1.42 bits per heavy atom. The molecule has 0 bridgehead atoms. The standard InChI is InChI=1S/C13H15N3O3/c1-17-11-6-9(14)2-3-10(11)13-15-12(16-19-13)8-4-5-18-7-8/h2-3,6,8H,4-5,7,14H2,1H3. The van der Waals surface area contributed by atoms with Gasteiger partial charge >= 0.3 is 0 Å². The number of rotatable bonds is 3. The van der Waals surface area contributed by atoms with Gasteiger partial charge in [0.15, 0.2) is 5.82 Å². The van der Waals surface area contributed by atoms with E-state index in [1.165, 1.54) is 0 Å². The lowest BCUT2D eigenvalue weighted by Gasteiger charge is -2.05. The summed E-state index contributed by atoms with van der Waals surface area (Å²) in [6, 6.07) is 5.33. The summed E-state index contributed by atoms with van der Waals surface area (Å²) >= 11 is 0. The molecule has 6 nitrogen and oxygen atoms in total. The zero-order valence-electron chi connectivity index (χ0n) is 10.6. The Morgan fingerprint density at radius 2 is 2.32 bits per heavy atom. The van der Waals surface area contributed by atoms with Gasteiger partial charge in [-0.05, 0) is 18.6 Å². The molecule has 2 N–H and O–H groups in total. The van der Waals surface area contributed by atoms with E-state index in [4.69, 9.17) is 19.7 Å². The van der Waals surface area contributed by atoms with Gasteiger partial charge < -0.3 is 19.7 Å². The highest BCUT2D eigenvalue weighted by molar-refractivity contribution is 5.66. The van der Waals surface area contributed by atoms with Crippen molar-refractivity contribution in [1.29, 1.82) is 0 Å². The first-order chi connectivity index (χ1) is 9.28. The third kappa shape index (κ3) is 2.26. The Morgan fingerprint density at radius 3 is 3.05 bits per heavy atom. The van der Waals surface area contributed by atoms with Crippen LogP contribution < -0.4 is 10.5 Å². The first kappa shape index (κ1) is 12.0. The molecule has 1 saturated heterocycles. The maximum atomic E-state index is 5.72. The Balaban J connectivity index is 1.93. The van der Waals surface area contributed by atoms with Gasteiger partial charge in [0, 0.05) is 24.3 Å². The van der Waals surface area contributed by atoms with Gasteiger partial charge in [0.1, 0.15) is 5.75 Å². The van der Waals surface area contributed by atoms with Gasteiger partial charge in [0.2, 0.25) is 0 Å². The maximum Gasteiger partial charge on any atom is 0.261 e. The van der Waals surface area contributed by atoms with Crippen LogP contribution in [0.15, 0.2) is 22.7 Å². The van der Waals surface area contributed by atoms with Crippen molar-refractivity contribution in [3.8, 4) is 17.2 Å². The molecule has 100 valence electrons. The van der Waals surface area contributed by atoms with Gasteiger partial charge in [-0.1, -0.05) is 5.16 Å². The summed E-state index contributed by atoms with van der Waals surface area (Å²) in [4.78, 5) is 4.42. The fourth-order valence-corrected chi connectivity index (χ4v) is 2.13. The minimum Gasteiger partial charge on any atom is -0.496 e. The van der Waals surface area contributed by atoms with Crippen LogP contribution in [0.25, 0.3) is 11.5 Å². The second-order valence-electron chi connectivity index (χ2n) is 4.48. The van der Waals surface area contributed by atoms with Gasteiger partial charge in [-0.15, -0.1) is 0 Å². The molecule has 19 heavy (non-hydrogen) atoms. The topological polar surface area (TPSA) is 83.4 Å². The molecular weight excluding hydrogens is 246 g/mol. The van der Waals surface area contributed by atoms with Crippen molar-refractivity contribution < 1.29 is 14.0 Å². The number of anilines is 1. The zero-order valence-corrected chi connectivity index (χ0v) is 10.6. The molecule has 1 unspecified atom stereocenters. The number of ether oxygens (including phenoxy) is 2. The molecule has 1 fully saturated rings. The number of methoxy groups -OCH3 is 1. The minimum atomic E-state index is 0.220. The second kappa shape index (κ2) is 4.89. The van der Waals surface area contributed by atoms with Crippen molar-refractivity contribution >= 4 is 5.69 Å². The van der Waals surface area contributed by atoms with Crippen molar-refractivity contribution in [2.24, 2.45) is 0 Å². The Hall–Kier alpha value is -2.08. The van der Waals surface area contributed by atoms with Crippen molar-refractivity contribution in [1.82, 2.24) is 10.1 Å². The summed E-state index contributed by atoms with van der Waals surface area (Å²) in [6.07, 6.45) is 0.928. The van der Waals surface area contributed by atoms with Crippen molar-refractivity contribution in [3.63, 3.8) is 0 Å². The van der Waals surface area contributed by atoms with Crippen LogP contribution in [0.1, 0.15) is 18.2 Å². The van der Waals surface area contributed by atoms with E-state index < -0.39 is 0 Å². The molecular formula is C13H15N3O3. The quantitative estimate of drug-likeness (QED) is 0.849. The van der Waals surface area contributed by atoms with E-state index >= 15 is 0 Å². The van der Waals surface area contributed by atoms with Crippen LogP contribution in [0.3, 0.4) is 0 Å². The first-order valence-corrected chi connectivity index (χ1v) is 6.13. The smallest absolute Gasteiger partial charge is 0.261 e. The van der Waals surface area contributed by atoms with Crippen LogP contribution in [-0.2, 0) is 4.74 Å². The largest absolute Gasteiger partial charge is 0.496 e. The molecule has 1 aromatic carbocycles. The summed E-state index contributed by atoms with van der Waals surface area (Å²) < 4.78 is 15.9. The van der Waals surface area contributed by atoms with E-state index in [1.54, 1.807) is 19.2 Å². The van der Waals surface area contributed by atoms with E-state index in [-0.39, 0.29) is 5.92 Å². The Labute approximate surface area is 110 Å². The summed E-state index contributed by atoms with van der Waals surface area (Å²) in [5.41, 5.74) is 7.10. The second-order valence-corrected chi connectivity index (χ2v) is 4.48. The van der Waals surface area contributed by atoms with Crippen molar-refractivity contribution in [2.45, 2.75) is 12.3 Å². The molecule has 1 aromatic heterocycles. The van der Waals surface area contributed by atoms with Gasteiger partial charge in [-0.3, -0.25) is 0 Å². The highest BCUT2D eigenvalue weighted by Gasteiger charge is 2.24. The number of nitrogens with two attached hydrogens (primary N) is 1. The van der Waals surface area contributed by atoms with Gasteiger partial charge in [0.05, 0.1) is 19.3 Å². The molecule has 0 radical (unpaired) electrons. The number of nitrogen functional groups attached to an aromatic ring is 1. The minimum absolute atomic E-state index is 0.220. The average Bonchev–Trinajstić information content (AvgIpc) is 3.09. The third-order valence-corrected chi connectivity index (χ3v) is 3.19. The molecule has 0 saturated carbocycles. The highest BCUT2D eigenvalue weighted by atomic mass is 16.5. The molecule has 0 aliphatic carbocycles. The lowest BCUT2D eigenvalue weighted by atomic mass is 10.1. The summed E-state index contributed by atoms with van der Waals surface area (Å²) in [6.45, 7) is 1.40. The molecule has 2 aromatic rings. The van der Waals surface area contributed by atoms with Crippen LogP contribution in [0.4, 0.5) is 5.69 Å². The van der Waals surface area contributed by atoms with Gasteiger partial charge in [-0.2, -0.15) is 4.98 Å². The summed E-state index contributed by atoms with van der Waals surface area (Å²) in [5.74, 6) is 1.97. The normalized spacial score (nSPS) is 18.7. The molecule has 6 heteroatoms. The fraction of sp³-hybridized carbons (Fsp3) is 0.385. The molecule has 1 atom stereocenters. The molecule has 0 spiro atoms. The third-order valence-electron chi connectivity index (χ3n) is 3.19. The first-order valence-electron chi connectivity index (χ1n) is 6.13. The van der Waals surface area contributed by atoms with Crippen LogP contribution in [0, 0.1) is 0 Å². The van der Waals surface area contributed by atoms with E-state index in [9.17, 15) is 0 Å². The Bertz CT molecular complexity index is 576. The summed E-state index contributed by atoms with van der Waals surface area (Å²) in [7, 11) is 1.58. The van der Waals surface area contributed by atoms with E-state index in [0.29, 0.717) is 29.8 Å². The van der Waals surface area contributed by atoms with Crippen LogP contribution in [0.5, 0.6) is 5.75 Å².